The van der Waals surface area contributed by atoms with Crippen LogP contribution in [0.2, 0.25) is 0 Å². The van der Waals surface area contributed by atoms with Crippen LogP contribution in [0.5, 0.6) is 0 Å². The molecule has 1 N–H and O–H groups in total. The quantitative estimate of drug-likeness (QED) is 0.924. The zero-order valence-electron chi connectivity index (χ0n) is 11.9. The van der Waals surface area contributed by atoms with E-state index in [1.165, 1.54) is 18.7 Å². The molecular weight excluding hydrogens is 295 g/mol. The Labute approximate surface area is 132 Å². The second kappa shape index (κ2) is 7.25. The van der Waals surface area contributed by atoms with Gasteiger partial charge in [-0.1, -0.05) is 0 Å². The zero-order chi connectivity index (χ0) is 12.5. The van der Waals surface area contributed by atoms with Crippen LogP contribution in [0.1, 0.15) is 44.5 Å². The van der Waals surface area contributed by atoms with Crippen molar-refractivity contribution >= 4 is 35.8 Å². The van der Waals surface area contributed by atoms with Crippen LogP contribution in [0, 0.1) is 0 Å². The second-order valence-corrected chi connectivity index (χ2v) is 5.34. The minimum absolute atomic E-state index is 0. The van der Waals surface area contributed by atoms with E-state index in [1.54, 1.807) is 0 Å². The molecule has 112 valence electrons. The highest BCUT2D eigenvalue weighted by Crippen LogP contribution is 2.28. The van der Waals surface area contributed by atoms with Crippen LogP contribution in [-0.4, -0.2) is 27.6 Å². The first-order valence-corrected chi connectivity index (χ1v) is 6.80. The fourth-order valence-corrected chi connectivity index (χ4v) is 2.86. The van der Waals surface area contributed by atoms with Gasteiger partial charge in [-0.05, 0) is 39.3 Å². The number of nitrogens with one attached hydrogen (secondary N) is 1. The molecule has 0 radical (unpaired) electrons. The lowest BCUT2D eigenvalue weighted by Crippen LogP contribution is -2.30. The first-order valence-electron chi connectivity index (χ1n) is 6.80. The van der Waals surface area contributed by atoms with Crippen molar-refractivity contribution < 1.29 is 0 Å². The average molecular weight is 317 g/mol. The SMILES string of the molecule is CC(C)n1c(C2CCCNC2)nc2ccncc21.Cl.Cl. The van der Waals surface area contributed by atoms with E-state index in [0.29, 0.717) is 12.0 Å². The molecule has 0 aromatic carbocycles. The number of hydrogen-bond acceptors (Lipinski definition) is 3. The largest absolute Gasteiger partial charge is 0.324 e. The number of aromatic nitrogens is 3. The minimum atomic E-state index is 0. The number of nitrogens with zero attached hydrogens (tertiary/aromatic N) is 3. The van der Waals surface area contributed by atoms with Gasteiger partial charge in [0.25, 0.3) is 0 Å². The Kier molecular flexibility index (Phi) is 6.24. The van der Waals surface area contributed by atoms with Gasteiger partial charge in [0.1, 0.15) is 5.82 Å². The van der Waals surface area contributed by atoms with Crippen molar-refractivity contribution in [2.45, 2.75) is 38.6 Å². The van der Waals surface area contributed by atoms with Gasteiger partial charge in [-0.15, -0.1) is 24.8 Å². The summed E-state index contributed by atoms with van der Waals surface area (Å²) in [6.07, 6.45) is 6.23. The molecule has 1 aliphatic heterocycles. The van der Waals surface area contributed by atoms with Crippen LogP contribution in [-0.2, 0) is 0 Å². The van der Waals surface area contributed by atoms with Crippen LogP contribution in [0.25, 0.3) is 11.0 Å². The van der Waals surface area contributed by atoms with E-state index in [4.69, 9.17) is 4.98 Å². The topological polar surface area (TPSA) is 42.7 Å². The molecule has 0 bridgehead atoms. The van der Waals surface area contributed by atoms with Gasteiger partial charge in [-0.25, -0.2) is 4.98 Å². The molecule has 3 rings (SSSR count). The molecule has 1 saturated heterocycles. The number of rotatable bonds is 2. The summed E-state index contributed by atoms with van der Waals surface area (Å²) in [5, 5.41) is 3.47. The van der Waals surface area contributed by atoms with Crippen molar-refractivity contribution in [2.75, 3.05) is 13.1 Å². The summed E-state index contributed by atoms with van der Waals surface area (Å²) in [6.45, 7) is 6.62. The van der Waals surface area contributed by atoms with Gasteiger partial charge >= 0.3 is 0 Å². The van der Waals surface area contributed by atoms with Crippen molar-refractivity contribution in [1.29, 1.82) is 0 Å². The Bertz CT molecular complexity index is 547. The molecule has 0 aliphatic carbocycles. The number of fused-ring (bicyclic) bond motifs is 1. The molecule has 2 aromatic heterocycles. The normalized spacial score (nSPS) is 18.6. The van der Waals surface area contributed by atoms with Crippen LogP contribution in [0.3, 0.4) is 0 Å². The number of imidazole rings is 1. The molecule has 3 heterocycles. The Morgan fingerprint density at radius 2 is 2.15 bits per heavy atom. The van der Waals surface area contributed by atoms with Gasteiger partial charge in [0.05, 0.1) is 17.2 Å². The summed E-state index contributed by atoms with van der Waals surface area (Å²) < 4.78 is 2.35. The molecule has 6 heteroatoms. The number of halogens is 2. The first kappa shape index (κ1) is 17.2. The zero-order valence-corrected chi connectivity index (χ0v) is 13.5. The Morgan fingerprint density at radius 1 is 1.35 bits per heavy atom. The molecular formula is C14H22Cl2N4. The maximum atomic E-state index is 4.84. The lowest BCUT2D eigenvalue weighted by atomic mass is 9.98. The maximum Gasteiger partial charge on any atom is 0.114 e. The van der Waals surface area contributed by atoms with Crippen LogP contribution in [0.4, 0.5) is 0 Å². The smallest absolute Gasteiger partial charge is 0.114 e. The second-order valence-electron chi connectivity index (χ2n) is 5.34. The van der Waals surface area contributed by atoms with Gasteiger partial charge in [-0.3, -0.25) is 4.98 Å². The van der Waals surface area contributed by atoms with Gasteiger partial charge in [0, 0.05) is 24.7 Å². The predicted octanol–water partition coefficient (Wildman–Crippen LogP) is 3.32. The van der Waals surface area contributed by atoms with Crippen molar-refractivity contribution in [3.8, 4) is 0 Å². The third kappa shape index (κ3) is 3.08. The third-order valence-electron chi connectivity index (χ3n) is 3.70. The summed E-state index contributed by atoms with van der Waals surface area (Å²) in [7, 11) is 0. The molecule has 1 atom stereocenters. The maximum absolute atomic E-state index is 4.84. The fraction of sp³-hybridized carbons (Fsp3) is 0.571. The Balaban J connectivity index is 0.000001000. The molecule has 4 nitrogen and oxygen atoms in total. The Hall–Kier alpha value is -0.840. The van der Waals surface area contributed by atoms with E-state index in [9.17, 15) is 0 Å². The van der Waals surface area contributed by atoms with E-state index < -0.39 is 0 Å². The van der Waals surface area contributed by atoms with Crippen molar-refractivity contribution in [3.05, 3.63) is 24.3 Å². The van der Waals surface area contributed by atoms with Gasteiger partial charge in [0.15, 0.2) is 0 Å². The van der Waals surface area contributed by atoms with Crippen molar-refractivity contribution in [3.63, 3.8) is 0 Å². The van der Waals surface area contributed by atoms with Crippen LogP contribution in [0.15, 0.2) is 18.5 Å². The molecule has 1 fully saturated rings. The molecule has 0 spiro atoms. The molecule has 20 heavy (non-hydrogen) atoms. The highest BCUT2D eigenvalue weighted by molar-refractivity contribution is 5.85. The van der Waals surface area contributed by atoms with E-state index in [0.717, 1.165) is 24.1 Å². The number of pyridine rings is 1. The first-order chi connectivity index (χ1) is 8.77. The lowest BCUT2D eigenvalue weighted by Gasteiger charge is -2.24. The molecule has 1 unspecified atom stereocenters. The van der Waals surface area contributed by atoms with E-state index in [1.807, 2.05) is 18.5 Å². The fourth-order valence-electron chi connectivity index (χ4n) is 2.86. The van der Waals surface area contributed by atoms with E-state index >= 15 is 0 Å². The van der Waals surface area contributed by atoms with Crippen molar-refractivity contribution in [2.24, 2.45) is 0 Å². The van der Waals surface area contributed by atoms with Gasteiger partial charge in [0.2, 0.25) is 0 Å². The summed E-state index contributed by atoms with van der Waals surface area (Å²) in [5.41, 5.74) is 2.23. The number of piperidine rings is 1. The van der Waals surface area contributed by atoms with Crippen molar-refractivity contribution in [1.82, 2.24) is 19.9 Å². The van der Waals surface area contributed by atoms with Crippen LogP contribution < -0.4 is 5.32 Å². The summed E-state index contributed by atoms with van der Waals surface area (Å²) in [6, 6.07) is 2.43. The standard InChI is InChI=1S/C14H20N4.2ClH/c1-10(2)18-13-9-16-7-5-12(13)17-14(18)11-4-3-6-15-8-11;;/h5,7,9-11,15H,3-4,6,8H2,1-2H3;2*1H. The molecule has 0 saturated carbocycles. The van der Waals surface area contributed by atoms with E-state index in [-0.39, 0.29) is 24.8 Å². The van der Waals surface area contributed by atoms with Gasteiger partial charge < -0.3 is 9.88 Å². The third-order valence-corrected chi connectivity index (χ3v) is 3.70. The predicted molar refractivity (Wildman–Crippen MR) is 87.3 cm³/mol. The monoisotopic (exact) mass is 316 g/mol. The Morgan fingerprint density at radius 3 is 2.80 bits per heavy atom. The number of hydrogen-bond donors (Lipinski definition) is 1. The lowest BCUT2D eigenvalue weighted by molar-refractivity contribution is 0.425. The highest BCUT2D eigenvalue weighted by Gasteiger charge is 2.23. The van der Waals surface area contributed by atoms with E-state index in [2.05, 4.69) is 28.7 Å². The summed E-state index contributed by atoms with van der Waals surface area (Å²) in [4.78, 5) is 9.08. The average Bonchev–Trinajstić information content (AvgIpc) is 2.79. The molecule has 2 aromatic rings. The van der Waals surface area contributed by atoms with Crippen LogP contribution >= 0.6 is 24.8 Å². The molecule has 1 aliphatic rings. The summed E-state index contributed by atoms with van der Waals surface area (Å²) in [5.74, 6) is 1.76. The van der Waals surface area contributed by atoms with Gasteiger partial charge in [-0.2, -0.15) is 0 Å². The molecule has 0 amide bonds. The minimum Gasteiger partial charge on any atom is -0.324 e. The highest BCUT2D eigenvalue weighted by atomic mass is 35.5. The summed E-state index contributed by atoms with van der Waals surface area (Å²) >= 11 is 0.